The second-order valence-corrected chi connectivity index (χ2v) is 5.49. The quantitative estimate of drug-likeness (QED) is 0.813. The predicted octanol–water partition coefficient (Wildman–Crippen LogP) is 2.89. The molecule has 116 valence electrons. The molecular formula is C15H21ClN2O3. The summed E-state index contributed by atoms with van der Waals surface area (Å²) >= 11 is 6.25. The molecule has 0 radical (unpaired) electrons. The fourth-order valence-corrected chi connectivity index (χ4v) is 2.33. The van der Waals surface area contributed by atoms with E-state index in [9.17, 15) is 4.79 Å². The highest BCUT2D eigenvalue weighted by atomic mass is 35.5. The van der Waals surface area contributed by atoms with Crippen LogP contribution in [-0.4, -0.2) is 31.9 Å². The molecule has 1 heterocycles. The third-order valence-electron chi connectivity index (χ3n) is 3.33. The number of halogens is 1. The largest absolute Gasteiger partial charge is 0.488 e. The Bertz CT molecular complexity index is 496. The van der Waals surface area contributed by atoms with Crippen LogP contribution in [0.25, 0.3) is 0 Å². The fourth-order valence-electron chi connectivity index (χ4n) is 2.09. The molecule has 0 aromatic heterocycles. The molecule has 1 fully saturated rings. The molecule has 2 rings (SSSR count). The highest BCUT2D eigenvalue weighted by Crippen LogP contribution is 2.28. The van der Waals surface area contributed by atoms with Crippen LogP contribution < -0.4 is 15.4 Å². The molecule has 2 N–H and O–H groups in total. The average Bonchev–Trinajstić information content (AvgIpc) is 2.89. The lowest BCUT2D eigenvalue weighted by Crippen LogP contribution is -2.22. The van der Waals surface area contributed by atoms with Crippen LogP contribution in [0.2, 0.25) is 5.02 Å². The maximum absolute atomic E-state index is 10.9. The second kappa shape index (κ2) is 7.52. The minimum Gasteiger partial charge on any atom is -0.488 e. The molecule has 21 heavy (non-hydrogen) atoms. The summed E-state index contributed by atoms with van der Waals surface area (Å²) < 4.78 is 10.6. The van der Waals surface area contributed by atoms with Crippen LogP contribution in [-0.2, 0) is 4.74 Å². The van der Waals surface area contributed by atoms with Gasteiger partial charge in [-0.1, -0.05) is 24.6 Å². The van der Waals surface area contributed by atoms with E-state index >= 15 is 0 Å². The summed E-state index contributed by atoms with van der Waals surface area (Å²) in [5.41, 5.74) is 1.12. The number of amides is 1. The smallest absolute Gasteiger partial charge is 0.407 e. The molecule has 0 saturated carbocycles. The van der Waals surface area contributed by atoms with Crippen molar-refractivity contribution >= 4 is 17.7 Å². The van der Waals surface area contributed by atoms with Gasteiger partial charge in [0.1, 0.15) is 12.4 Å². The molecule has 1 aliphatic rings. The second-order valence-electron chi connectivity index (χ2n) is 5.08. The van der Waals surface area contributed by atoms with Crippen molar-refractivity contribution in [2.24, 2.45) is 0 Å². The molecular weight excluding hydrogens is 292 g/mol. The van der Waals surface area contributed by atoms with Crippen LogP contribution >= 0.6 is 11.6 Å². The van der Waals surface area contributed by atoms with Crippen LogP contribution in [0, 0.1) is 0 Å². The van der Waals surface area contributed by atoms with Crippen molar-refractivity contribution in [1.29, 1.82) is 0 Å². The van der Waals surface area contributed by atoms with E-state index in [0.717, 1.165) is 18.5 Å². The molecule has 1 aliphatic heterocycles. The van der Waals surface area contributed by atoms with Crippen LogP contribution in [0.1, 0.15) is 31.9 Å². The first-order valence-corrected chi connectivity index (χ1v) is 7.58. The fraction of sp³-hybridized carbons (Fsp3) is 0.533. The van der Waals surface area contributed by atoms with E-state index in [0.29, 0.717) is 23.9 Å². The van der Waals surface area contributed by atoms with Gasteiger partial charge in [-0.15, -0.1) is 0 Å². The number of hydrogen-bond acceptors (Lipinski definition) is 4. The third-order valence-corrected chi connectivity index (χ3v) is 3.62. The number of cyclic esters (lactones) is 1. The van der Waals surface area contributed by atoms with Gasteiger partial charge in [0, 0.05) is 6.04 Å². The van der Waals surface area contributed by atoms with Crippen LogP contribution in [0.3, 0.4) is 0 Å². The highest BCUT2D eigenvalue weighted by Gasteiger charge is 2.23. The van der Waals surface area contributed by atoms with Crippen molar-refractivity contribution < 1.29 is 14.3 Å². The zero-order valence-electron chi connectivity index (χ0n) is 12.3. The topological polar surface area (TPSA) is 59.6 Å². The van der Waals surface area contributed by atoms with Crippen LogP contribution in [0.15, 0.2) is 18.2 Å². The van der Waals surface area contributed by atoms with Gasteiger partial charge in [-0.25, -0.2) is 4.79 Å². The first-order chi connectivity index (χ1) is 10.1. The van der Waals surface area contributed by atoms with Gasteiger partial charge in [0.05, 0.1) is 11.6 Å². The minimum absolute atomic E-state index is 0.247. The monoisotopic (exact) mass is 312 g/mol. The van der Waals surface area contributed by atoms with Crippen molar-refractivity contribution in [3.05, 3.63) is 28.8 Å². The van der Waals surface area contributed by atoms with Gasteiger partial charge in [0.2, 0.25) is 0 Å². The molecule has 0 aliphatic carbocycles. The van der Waals surface area contributed by atoms with Crippen LogP contribution in [0.5, 0.6) is 5.75 Å². The average molecular weight is 313 g/mol. The minimum atomic E-state index is -0.402. The van der Waals surface area contributed by atoms with E-state index in [4.69, 9.17) is 21.1 Å². The number of carbonyl (C=O) groups excluding carboxylic acids is 1. The SMILES string of the molecule is CCCNC(C)c1ccc(OCC2CNC(=O)O2)c(Cl)c1. The Morgan fingerprint density at radius 3 is 3.00 bits per heavy atom. The molecule has 1 saturated heterocycles. The van der Waals surface area contributed by atoms with E-state index in [1.54, 1.807) is 0 Å². The maximum atomic E-state index is 10.9. The van der Waals surface area contributed by atoms with E-state index < -0.39 is 6.09 Å². The molecule has 2 unspecified atom stereocenters. The molecule has 0 spiro atoms. The molecule has 5 nitrogen and oxygen atoms in total. The summed E-state index contributed by atoms with van der Waals surface area (Å²) in [6, 6.07) is 6.00. The molecule has 1 aromatic rings. The van der Waals surface area contributed by atoms with Gasteiger partial charge in [-0.05, 0) is 37.6 Å². The number of alkyl carbamates (subject to hydrolysis) is 1. The summed E-state index contributed by atoms with van der Waals surface area (Å²) in [5.74, 6) is 0.603. The van der Waals surface area contributed by atoms with Crippen molar-refractivity contribution in [3.63, 3.8) is 0 Å². The number of nitrogens with one attached hydrogen (secondary N) is 2. The maximum Gasteiger partial charge on any atom is 0.407 e. The van der Waals surface area contributed by atoms with Gasteiger partial charge < -0.3 is 20.1 Å². The molecule has 0 bridgehead atoms. The number of benzene rings is 1. The summed E-state index contributed by atoms with van der Waals surface area (Å²) in [4.78, 5) is 10.9. The number of ether oxygens (including phenoxy) is 2. The summed E-state index contributed by atoms with van der Waals surface area (Å²) in [6.07, 6.45) is 0.423. The van der Waals surface area contributed by atoms with E-state index in [1.807, 2.05) is 18.2 Å². The van der Waals surface area contributed by atoms with Crippen molar-refractivity contribution in [2.75, 3.05) is 19.7 Å². The lowest BCUT2D eigenvalue weighted by atomic mass is 10.1. The molecule has 1 aromatic carbocycles. The highest BCUT2D eigenvalue weighted by molar-refractivity contribution is 6.32. The van der Waals surface area contributed by atoms with Crippen molar-refractivity contribution in [3.8, 4) is 5.75 Å². The lowest BCUT2D eigenvalue weighted by Gasteiger charge is -2.16. The van der Waals surface area contributed by atoms with Crippen molar-refractivity contribution in [1.82, 2.24) is 10.6 Å². The first kappa shape index (κ1) is 15.9. The number of hydrogen-bond donors (Lipinski definition) is 2. The molecule has 1 amide bonds. The normalized spacial score (nSPS) is 19.0. The van der Waals surface area contributed by atoms with E-state index in [1.165, 1.54) is 0 Å². The van der Waals surface area contributed by atoms with E-state index in [-0.39, 0.29) is 12.1 Å². The van der Waals surface area contributed by atoms with Crippen molar-refractivity contribution in [2.45, 2.75) is 32.4 Å². The van der Waals surface area contributed by atoms with Gasteiger partial charge in [-0.3, -0.25) is 0 Å². The number of carbonyl (C=O) groups is 1. The predicted molar refractivity (Wildman–Crippen MR) is 81.9 cm³/mol. The Kier molecular flexibility index (Phi) is 5.70. The van der Waals surface area contributed by atoms with Gasteiger partial charge >= 0.3 is 6.09 Å². The summed E-state index contributed by atoms with van der Waals surface area (Å²) in [6.45, 7) is 5.96. The Labute approximate surface area is 130 Å². The zero-order chi connectivity index (χ0) is 15.2. The summed E-state index contributed by atoms with van der Waals surface area (Å²) in [5, 5.41) is 6.56. The van der Waals surface area contributed by atoms with E-state index in [2.05, 4.69) is 24.5 Å². The van der Waals surface area contributed by atoms with Gasteiger partial charge in [0.15, 0.2) is 6.10 Å². The standard InChI is InChI=1S/C15H21ClN2O3/c1-3-6-17-10(2)11-4-5-14(13(16)7-11)20-9-12-8-18-15(19)21-12/h4-5,7,10,12,17H,3,6,8-9H2,1-2H3,(H,18,19). The Morgan fingerprint density at radius 2 is 2.38 bits per heavy atom. The third kappa shape index (κ3) is 4.51. The van der Waals surface area contributed by atoms with Crippen LogP contribution in [0.4, 0.5) is 4.79 Å². The van der Waals surface area contributed by atoms with Gasteiger partial charge in [-0.2, -0.15) is 0 Å². The Balaban J connectivity index is 1.91. The number of rotatable bonds is 7. The summed E-state index contributed by atoms with van der Waals surface area (Å²) in [7, 11) is 0. The lowest BCUT2D eigenvalue weighted by molar-refractivity contribution is 0.105. The Hall–Kier alpha value is -1.46. The molecule has 2 atom stereocenters. The molecule has 6 heteroatoms. The zero-order valence-corrected chi connectivity index (χ0v) is 13.1. The first-order valence-electron chi connectivity index (χ1n) is 7.20. The Morgan fingerprint density at radius 1 is 1.57 bits per heavy atom. The van der Waals surface area contributed by atoms with Gasteiger partial charge in [0.25, 0.3) is 0 Å².